The number of carbonyl (C=O) groups is 4. The molecule has 0 saturated heterocycles. The van der Waals surface area contributed by atoms with Crippen molar-refractivity contribution in [3.63, 3.8) is 0 Å². The third-order valence-electron chi connectivity index (χ3n) is 9.71. The molecule has 3 heterocycles. The van der Waals surface area contributed by atoms with E-state index in [0.717, 1.165) is 48.4 Å². The van der Waals surface area contributed by atoms with Crippen LogP contribution in [0.1, 0.15) is 51.1 Å². The van der Waals surface area contributed by atoms with Crippen molar-refractivity contribution in [1.29, 1.82) is 0 Å². The smallest absolute Gasteiger partial charge is 0.320 e. The van der Waals surface area contributed by atoms with Crippen molar-refractivity contribution in [2.75, 3.05) is 68.6 Å². The average Bonchev–Trinajstić information content (AvgIpc) is 3.79. The van der Waals surface area contributed by atoms with Crippen molar-refractivity contribution in [3.8, 4) is 18.1 Å². The number of carboxylic acids is 1. The van der Waals surface area contributed by atoms with Crippen LogP contribution in [0.3, 0.4) is 0 Å². The summed E-state index contributed by atoms with van der Waals surface area (Å²) >= 11 is 17.7. The van der Waals surface area contributed by atoms with E-state index in [4.69, 9.17) is 66.4 Å². The van der Waals surface area contributed by atoms with Gasteiger partial charge in [0.1, 0.15) is 35.9 Å². The van der Waals surface area contributed by atoms with E-state index in [9.17, 15) is 28.1 Å². The number of hydrogen-bond acceptors (Lipinski definition) is 11. The predicted molar refractivity (Wildman–Crippen MR) is 264 cm³/mol. The molecule has 2 aliphatic rings. The monoisotopic (exact) mass is 1030 g/mol. The molecule has 22 heteroatoms. The fraction of sp³-hybridized carbons (Fsp3) is 0.467. The zero-order valence-corrected chi connectivity index (χ0v) is 42.5. The number of alkyl halides is 3. The molecule has 368 valence electrons. The first-order valence-electron chi connectivity index (χ1n) is 20.9. The van der Waals surface area contributed by atoms with Gasteiger partial charge in [-0.1, -0.05) is 87.2 Å². The van der Waals surface area contributed by atoms with E-state index < -0.39 is 30.0 Å². The van der Waals surface area contributed by atoms with Crippen LogP contribution in [0.25, 0.3) is 0 Å². The Balaban J connectivity index is 0.000000329. The Morgan fingerprint density at radius 1 is 1.19 bits per heavy atom. The number of aryl methyl sites for hydroxylation is 2. The van der Waals surface area contributed by atoms with Gasteiger partial charge in [-0.25, -0.2) is 9.38 Å². The van der Waals surface area contributed by atoms with Gasteiger partial charge in [-0.2, -0.15) is 4.37 Å². The second-order valence-electron chi connectivity index (χ2n) is 15.8. The molecule has 0 bridgehead atoms. The lowest BCUT2D eigenvalue weighted by Gasteiger charge is -2.28. The number of aliphatic carboxylic acids is 1. The largest absolute Gasteiger partial charge is 0.481 e. The minimum absolute atomic E-state index is 0.0371. The lowest BCUT2D eigenvalue weighted by Crippen LogP contribution is -2.39. The standard InChI is InChI=1S/C18H17FN4O2S.C14H20ClNO2.C8H11Cl2NO.C5H12NO4P/c1-4-5-22-13-7-12(11(19)6-14(13)25-9-16(22)24)20-17-23-10-18(2,3)8-15(23)21-26-17;1-4-11-7-6-8-12(5-2)14(11)16(10-18-3)13(17)9-15;1-3-5-11(6-4-2)8(12)7(9)10;1-11(9,10)3-2-4(6)5(7)8/h1,6-7H,5,8-10H2,2-3H3;6-8H,4-5,9-10H2,1-3H3;3-4,7H,1-2,5-6H2;4H,2-3,6H2,1H3,(H,7,8)(H,9,10). The summed E-state index contributed by atoms with van der Waals surface area (Å²) in [5, 5.41) is 8.28. The number of anilines is 2. The quantitative estimate of drug-likeness (QED) is 0.0415. The maximum absolute atomic E-state index is 14.5. The number of methoxy groups -OCH3 is 1. The zero-order chi connectivity index (χ0) is 50.6. The molecule has 3 aromatic rings. The first-order chi connectivity index (χ1) is 31.5. The fourth-order valence-electron chi connectivity index (χ4n) is 6.48. The molecule has 1 aromatic heterocycles. The van der Waals surface area contributed by atoms with Crippen LogP contribution >= 0.6 is 53.7 Å². The molecule has 0 saturated carbocycles. The van der Waals surface area contributed by atoms with E-state index in [1.165, 1.54) is 40.1 Å². The van der Waals surface area contributed by atoms with Crippen molar-refractivity contribution >= 4 is 94.5 Å². The summed E-state index contributed by atoms with van der Waals surface area (Å²) in [6.07, 6.45) is 11.2. The second kappa shape index (κ2) is 28.0. The van der Waals surface area contributed by atoms with Gasteiger partial charge in [-0.3, -0.25) is 33.5 Å². The fourth-order valence-corrected chi connectivity index (χ4v) is 8.41. The second-order valence-corrected chi connectivity index (χ2v) is 20.4. The molecule has 2 aliphatic heterocycles. The maximum Gasteiger partial charge on any atom is 0.320 e. The summed E-state index contributed by atoms with van der Waals surface area (Å²) in [6.45, 7) is 18.5. The predicted octanol–water partition coefficient (Wildman–Crippen LogP) is 6.92. The zero-order valence-electron chi connectivity index (χ0n) is 38.6. The molecule has 5 rings (SSSR count). The van der Waals surface area contributed by atoms with Crippen LogP contribution < -0.4 is 25.1 Å². The molecule has 4 N–H and O–H groups in total. The van der Waals surface area contributed by atoms with Gasteiger partial charge in [0.05, 0.1) is 17.9 Å². The number of nitrogens with two attached hydrogens (primary N) is 1. The number of nitrogens with zero attached hydrogens (tertiary/aromatic N) is 6. The molecule has 0 spiro atoms. The van der Waals surface area contributed by atoms with Gasteiger partial charge < -0.3 is 34.7 Å². The third kappa shape index (κ3) is 18.1. The Morgan fingerprint density at radius 2 is 1.81 bits per heavy atom. The van der Waals surface area contributed by atoms with E-state index in [0.29, 0.717) is 29.3 Å². The number of halogens is 4. The normalized spacial score (nSPS) is 14.7. The van der Waals surface area contributed by atoms with Gasteiger partial charge in [0, 0.05) is 63.6 Å². The molecule has 16 nitrogen and oxygen atoms in total. The molecule has 3 amide bonds. The first kappa shape index (κ1) is 58.6. The van der Waals surface area contributed by atoms with E-state index in [1.54, 1.807) is 24.2 Å². The number of para-hydroxylation sites is 1. The third-order valence-corrected chi connectivity index (χ3v) is 12.2. The van der Waals surface area contributed by atoms with Crippen LogP contribution in [0.4, 0.5) is 21.5 Å². The summed E-state index contributed by atoms with van der Waals surface area (Å²) in [5.74, 6) is 1.29. The minimum Gasteiger partial charge on any atom is -0.481 e. The van der Waals surface area contributed by atoms with Gasteiger partial charge in [0.2, 0.25) is 10.7 Å². The molecular weight excluding hydrogens is 971 g/mol. The molecule has 0 fully saturated rings. The van der Waals surface area contributed by atoms with Crippen molar-refractivity contribution < 1.29 is 47.6 Å². The summed E-state index contributed by atoms with van der Waals surface area (Å²) in [7, 11) is -1.52. The number of carbonyl (C=O) groups excluding carboxylic acids is 3. The Kier molecular flexibility index (Phi) is 24.5. The van der Waals surface area contributed by atoms with Crippen molar-refractivity contribution in [3.05, 3.63) is 83.2 Å². The number of rotatable bonds is 17. The number of benzene rings is 2. The number of fused-ring (bicyclic) bond motifs is 2. The van der Waals surface area contributed by atoms with Crippen LogP contribution in [-0.4, -0.2) is 117 Å². The Morgan fingerprint density at radius 3 is 2.30 bits per heavy atom. The van der Waals surface area contributed by atoms with Crippen LogP contribution in [0.15, 0.2) is 60.6 Å². The van der Waals surface area contributed by atoms with E-state index in [-0.39, 0.29) is 67.2 Å². The highest BCUT2D eigenvalue weighted by Crippen LogP contribution is 2.38. The number of amides is 3. The van der Waals surface area contributed by atoms with Crippen molar-refractivity contribution in [2.45, 2.75) is 70.8 Å². The van der Waals surface area contributed by atoms with Gasteiger partial charge in [-0.15, -0.1) is 31.2 Å². The van der Waals surface area contributed by atoms with Gasteiger partial charge >= 0.3 is 5.97 Å². The van der Waals surface area contributed by atoms with Gasteiger partial charge in [-0.05, 0) is 41.9 Å². The Bertz CT molecular complexity index is 2340. The van der Waals surface area contributed by atoms with E-state index >= 15 is 0 Å². The van der Waals surface area contributed by atoms with Crippen molar-refractivity contribution in [1.82, 2.24) is 13.8 Å². The number of ether oxygens (including phenoxy) is 2. The van der Waals surface area contributed by atoms with Crippen LogP contribution in [0, 0.1) is 23.6 Å². The SMILES string of the molecule is C#CCN1C(=O)COc2cc(F)c(N=c3snc4n3CC(C)(C)C4)cc21.C=CCN(CC=C)C(=O)C(Cl)Cl.CCc1cccc(CC)c1N(COC)C(=O)CCl.CP(=O)(O)CCC(N)C(=O)O. The van der Waals surface area contributed by atoms with Crippen LogP contribution in [-0.2, 0) is 54.3 Å². The number of carboxylic acid groups (broad SMARTS) is 1. The minimum atomic E-state index is -3.10. The number of hydrogen-bond donors (Lipinski definition) is 3. The maximum atomic E-state index is 14.5. The van der Waals surface area contributed by atoms with E-state index in [1.807, 2.05) is 22.8 Å². The highest BCUT2D eigenvalue weighted by molar-refractivity contribution is 7.57. The summed E-state index contributed by atoms with van der Waals surface area (Å²) in [6, 6.07) is 7.83. The van der Waals surface area contributed by atoms with E-state index in [2.05, 4.69) is 56.1 Å². The summed E-state index contributed by atoms with van der Waals surface area (Å²) in [4.78, 5) is 62.7. The van der Waals surface area contributed by atoms with Gasteiger partial charge in [0.25, 0.3) is 11.8 Å². The Hall–Kier alpha value is -4.57. The molecule has 2 unspecified atom stereocenters. The molecule has 0 aliphatic carbocycles. The molecule has 2 atom stereocenters. The molecule has 2 aromatic carbocycles. The molecular formula is C45H60Cl3FN7O9PS. The lowest BCUT2D eigenvalue weighted by atomic mass is 9.92. The average molecular weight is 1030 g/mol. The van der Waals surface area contributed by atoms with Crippen LogP contribution in [0.2, 0.25) is 0 Å². The highest BCUT2D eigenvalue weighted by Gasteiger charge is 2.31. The summed E-state index contributed by atoms with van der Waals surface area (Å²) in [5.41, 5.74) is 9.01. The number of aromatic nitrogens is 2. The molecule has 67 heavy (non-hydrogen) atoms. The van der Waals surface area contributed by atoms with Crippen molar-refractivity contribution in [2.24, 2.45) is 16.1 Å². The van der Waals surface area contributed by atoms with Crippen LogP contribution in [0.5, 0.6) is 5.75 Å². The first-order valence-corrected chi connectivity index (χ1v) is 25.3. The summed E-state index contributed by atoms with van der Waals surface area (Å²) < 4.78 is 42.1. The Labute approximate surface area is 410 Å². The highest BCUT2D eigenvalue weighted by atomic mass is 35.5. The van der Waals surface area contributed by atoms with Gasteiger partial charge in [0.15, 0.2) is 24.6 Å². The topological polar surface area (TPSA) is 210 Å². The number of terminal acetylenes is 1. The lowest BCUT2D eigenvalue weighted by molar-refractivity contribution is -0.138. The molecule has 0 radical (unpaired) electrons.